The van der Waals surface area contributed by atoms with E-state index in [9.17, 15) is 0 Å². The van der Waals surface area contributed by atoms with Crippen molar-refractivity contribution in [2.75, 3.05) is 0 Å². The number of imidazole rings is 1. The molecule has 0 radical (unpaired) electrons. The van der Waals surface area contributed by atoms with Crippen LogP contribution in [0.3, 0.4) is 0 Å². The van der Waals surface area contributed by atoms with Crippen LogP contribution in [0.5, 0.6) is 0 Å². The zero-order chi connectivity index (χ0) is 11.9. The zero-order valence-corrected chi connectivity index (χ0v) is 10.2. The molecular formula is C12H18N4. The van der Waals surface area contributed by atoms with Crippen molar-refractivity contribution in [2.45, 2.75) is 32.2 Å². The summed E-state index contributed by atoms with van der Waals surface area (Å²) in [6.45, 7) is 6.25. The highest BCUT2D eigenvalue weighted by atomic mass is 15.1. The molecule has 0 aliphatic rings. The monoisotopic (exact) mass is 218 g/mol. The van der Waals surface area contributed by atoms with E-state index in [0.717, 1.165) is 16.9 Å². The maximum Gasteiger partial charge on any atom is 0.116 e. The molecule has 16 heavy (non-hydrogen) atoms. The molecule has 2 heterocycles. The Kier molecular flexibility index (Phi) is 2.46. The van der Waals surface area contributed by atoms with Gasteiger partial charge in [-0.2, -0.15) is 0 Å². The highest BCUT2D eigenvalue weighted by molar-refractivity contribution is 5.74. The SMILES string of the molecule is CC(N)C(C)(C)c1nc2cnccc2n1C. The average Bonchev–Trinajstić information content (AvgIpc) is 2.57. The molecule has 4 heteroatoms. The number of pyridine rings is 1. The average molecular weight is 218 g/mol. The van der Waals surface area contributed by atoms with Gasteiger partial charge in [0.25, 0.3) is 0 Å². The molecule has 0 aliphatic carbocycles. The molecule has 2 rings (SSSR count). The molecule has 0 amide bonds. The van der Waals surface area contributed by atoms with E-state index in [-0.39, 0.29) is 11.5 Å². The van der Waals surface area contributed by atoms with E-state index in [2.05, 4.69) is 28.4 Å². The smallest absolute Gasteiger partial charge is 0.116 e. The molecule has 0 aromatic carbocycles. The first-order valence-corrected chi connectivity index (χ1v) is 5.47. The van der Waals surface area contributed by atoms with Crippen molar-refractivity contribution in [2.24, 2.45) is 12.8 Å². The minimum absolute atomic E-state index is 0.0518. The fourth-order valence-electron chi connectivity index (χ4n) is 1.83. The molecule has 2 aromatic rings. The molecule has 2 aromatic heterocycles. The summed E-state index contributed by atoms with van der Waals surface area (Å²) >= 11 is 0. The van der Waals surface area contributed by atoms with Gasteiger partial charge in [-0.25, -0.2) is 4.98 Å². The number of nitrogens with two attached hydrogens (primary N) is 1. The van der Waals surface area contributed by atoms with Gasteiger partial charge in [-0.1, -0.05) is 13.8 Å². The number of rotatable bonds is 2. The first-order valence-electron chi connectivity index (χ1n) is 5.47. The molecule has 0 saturated heterocycles. The van der Waals surface area contributed by atoms with E-state index in [0.29, 0.717) is 0 Å². The summed E-state index contributed by atoms with van der Waals surface area (Å²) in [4.78, 5) is 8.71. The van der Waals surface area contributed by atoms with Crippen LogP contribution in [0.15, 0.2) is 18.5 Å². The third-order valence-electron chi connectivity index (χ3n) is 3.40. The Hall–Kier alpha value is -1.42. The summed E-state index contributed by atoms with van der Waals surface area (Å²) < 4.78 is 2.10. The normalized spacial score (nSPS) is 14.3. The number of nitrogens with zero attached hydrogens (tertiary/aromatic N) is 3. The summed E-state index contributed by atoms with van der Waals surface area (Å²) in [5.41, 5.74) is 7.90. The number of hydrogen-bond donors (Lipinski definition) is 1. The first kappa shape index (κ1) is 11.1. The Bertz CT molecular complexity index is 511. The van der Waals surface area contributed by atoms with Gasteiger partial charge in [-0.05, 0) is 13.0 Å². The van der Waals surface area contributed by atoms with Crippen molar-refractivity contribution in [1.29, 1.82) is 0 Å². The Morgan fingerprint density at radius 1 is 1.44 bits per heavy atom. The van der Waals surface area contributed by atoms with Gasteiger partial charge in [0.15, 0.2) is 0 Å². The molecule has 86 valence electrons. The van der Waals surface area contributed by atoms with Crippen molar-refractivity contribution >= 4 is 11.0 Å². The summed E-state index contributed by atoms with van der Waals surface area (Å²) in [5.74, 6) is 1.01. The number of hydrogen-bond acceptors (Lipinski definition) is 3. The second-order valence-electron chi connectivity index (χ2n) is 4.87. The summed E-state index contributed by atoms with van der Waals surface area (Å²) in [6, 6.07) is 2.03. The third-order valence-corrected chi connectivity index (χ3v) is 3.40. The van der Waals surface area contributed by atoms with Gasteiger partial charge in [0.05, 0.1) is 11.7 Å². The van der Waals surface area contributed by atoms with Gasteiger partial charge >= 0.3 is 0 Å². The van der Waals surface area contributed by atoms with Crippen molar-refractivity contribution < 1.29 is 0 Å². The van der Waals surface area contributed by atoms with E-state index in [1.807, 2.05) is 20.0 Å². The van der Waals surface area contributed by atoms with Crippen LogP contribution in [0.2, 0.25) is 0 Å². The second-order valence-corrected chi connectivity index (χ2v) is 4.87. The topological polar surface area (TPSA) is 56.7 Å². The lowest BCUT2D eigenvalue weighted by Crippen LogP contribution is -2.40. The van der Waals surface area contributed by atoms with E-state index in [1.54, 1.807) is 12.4 Å². The quantitative estimate of drug-likeness (QED) is 0.832. The van der Waals surface area contributed by atoms with Gasteiger partial charge in [-0.15, -0.1) is 0 Å². The Morgan fingerprint density at radius 2 is 2.12 bits per heavy atom. The molecule has 0 aliphatic heterocycles. The van der Waals surface area contributed by atoms with Gasteiger partial charge in [0.2, 0.25) is 0 Å². The number of aromatic nitrogens is 3. The van der Waals surface area contributed by atoms with Crippen LogP contribution in [-0.4, -0.2) is 20.6 Å². The Labute approximate surface area is 95.5 Å². The van der Waals surface area contributed by atoms with Crippen LogP contribution in [0, 0.1) is 0 Å². The highest BCUT2D eigenvalue weighted by Gasteiger charge is 2.30. The van der Waals surface area contributed by atoms with Gasteiger partial charge in [-0.3, -0.25) is 4.98 Å². The van der Waals surface area contributed by atoms with Crippen molar-refractivity contribution in [3.05, 3.63) is 24.3 Å². The Morgan fingerprint density at radius 3 is 2.69 bits per heavy atom. The molecule has 0 saturated carbocycles. The van der Waals surface area contributed by atoms with E-state index >= 15 is 0 Å². The van der Waals surface area contributed by atoms with Crippen LogP contribution in [-0.2, 0) is 12.5 Å². The van der Waals surface area contributed by atoms with Crippen LogP contribution >= 0.6 is 0 Å². The minimum atomic E-state index is -0.145. The maximum absolute atomic E-state index is 6.02. The second kappa shape index (κ2) is 3.56. The van der Waals surface area contributed by atoms with Crippen LogP contribution < -0.4 is 5.73 Å². The van der Waals surface area contributed by atoms with Gasteiger partial charge in [0, 0.05) is 24.7 Å². The minimum Gasteiger partial charge on any atom is -0.331 e. The van der Waals surface area contributed by atoms with Crippen LogP contribution in [0.25, 0.3) is 11.0 Å². The zero-order valence-electron chi connectivity index (χ0n) is 10.2. The summed E-state index contributed by atoms with van der Waals surface area (Å²) in [5, 5.41) is 0. The molecule has 2 N–H and O–H groups in total. The van der Waals surface area contributed by atoms with E-state index < -0.39 is 0 Å². The van der Waals surface area contributed by atoms with Crippen molar-refractivity contribution in [3.8, 4) is 0 Å². The van der Waals surface area contributed by atoms with Gasteiger partial charge < -0.3 is 10.3 Å². The predicted octanol–water partition coefficient (Wildman–Crippen LogP) is 1.59. The molecule has 4 nitrogen and oxygen atoms in total. The molecule has 0 fully saturated rings. The van der Waals surface area contributed by atoms with E-state index in [4.69, 9.17) is 5.73 Å². The predicted molar refractivity (Wildman–Crippen MR) is 65.2 cm³/mol. The van der Waals surface area contributed by atoms with Gasteiger partial charge in [0.1, 0.15) is 11.3 Å². The fraction of sp³-hybridized carbons (Fsp3) is 0.500. The lowest BCUT2D eigenvalue weighted by molar-refractivity contribution is 0.400. The highest BCUT2D eigenvalue weighted by Crippen LogP contribution is 2.27. The molecule has 0 bridgehead atoms. The summed E-state index contributed by atoms with van der Waals surface area (Å²) in [6.07, 6.45) is 3.57. The summed E-state index contributed by atoms with van der Waals surface area (Å²) in [7, 11) is 2.02. The molecule has 1 unspecified atom stereocenters. The Balaban J connectivity index is 2.66. The number of fused-ring (bicyclic) bond motifs is 1. The fourth-order valence-corrected chi connectivity index (χ4v) is 1.83. The number of aryl methyl sites for hydroxylation is 1. The van der Waals surface area contributed by atoms with E-state index in [1.165, 1.54) is 0 Å². The largest absolute Gasteiger partial charge is 0.331 e. The lowest BCUT2D eigenvalue weighted by atomic mass is 9.85. The van der Waals surface area contributed by atoms with Crippen molar-refractivity contribution in [3.63, 3.8) is 0 Å². The van der Waals surface area contributed by atoms with Crippen molar-refractivity contribution in [1.82, 2.24) is 14.5 Å². The molecule has 0 spiro atoms. The standard InChI is InChI=1S/C12H18N4/c1-8(13)12(2,3)11-15-9-7-14-6-5-10(9)16(11)4/h5-8H,13H2,1-4H3. The van der Waals surface area contributed by atoms with Crippen LogP contribution in [0.1, 0.15) is 26.6 Å². The lowest BCUT2D eigenvalue weighted by Gasteiger charge is -2.28. The molecular weight excluding hydrogens is 200 g/mol. The first-order chi connectivity index (χ1) is 7.44. The van der Waals surface area contributed by atoms with Crippen LogP contribution in [0.4, 0.5) is 0 Å². The molecule has 1 atom stereocenters. The third kappa shape index (κ3) is 1.50. The maximum atomic E-state index is 6.02.